The number of rotatable bonds is 6. The summed E-state index contributed by atoms with van der Waals surface area (Å²) in [4.78, 5) is 78.4. The van der Waals surface area contributed by atoms with Crippen LogP contribution in [0, 0.1) is 16.7 Å². The van der Waals surface area contributed by atoms with Gasteiger partial charge in [0.05, 0.1) is 21.7 Å². The summed E-state index contributed by atoms with van der Waals surface area (Å²) in [5.74, 6) is -1.77. The molecule has 1 unspecified atom stereocenters. The predicted molar refractivity (Wildman–Crippen MR) is 219 cm³/mol. The molecular formula is C44H47ClN8O5. The van der Waals surface area contributed by atoms with Gasteiger partial charge in [0.15, 0.2) is 0 Å². The Morgan fingerprint density at radius 2 is 1.48 bits per heavy atom. The first kappa shape index (κ1) is 38.1. The van der Waals surface area contributed by atoms with Crippen LogP contribution in [0.1, 0.15) is 75.7 Å². The lowest BCUT2D eigenvalue weighted by Crippen LogP contribution is -2.63. The molecule has 0 bridgehead atoms. The molecule has 5 saturated heterocycles. The number of anilines is 3. The Kier molecular flexibility index (Phi) is 9.68. The summed E-state index contributed by atoms with van der Waals surface area (Å²) in [7, 11) is 1.39. The molecule has 3 aromatic carbocycles. The van der Waals surface area contributed by atoms with Gasteiger partial charge in [0.1, 0.15) is 12.1 Å². The number of nitrogens with zero attached hydrogens (tertiary/aromatic N) is 8. The largest absolute Gasteiger partial charge is 0.371 e. The Morgan fingerprint density at radius 3 is 2.17 bits per heavy atom. The maximum atomic E-state index is 13.6. The van der Waals surface area contributed by atoms with Gasteiger partial charge in [0.25, 0.3) is 23.6 Å². The minimum absolute atomic E-state index is 0.0570. The van der Waals surface area contributed by atoms with Crippen LogP contribution in [0.25, 0.3) is 0 Å². The lowest BCUT2D eigenvalue weighted by atomic mass is 9.76. The van der Waals surface area contributed by atoms with Gasteiger partial charge in [-0.3, -0.25) is 38.7 Å². The number of benzene rings is 3. The van der Waals surface area contributed by atoms with Gasteiger partial charge < -0.3 is 19.6 Å². The fraction of sp³-hybridized carbons (Fsp3) is 0.455. The third kappa shape index (κ3) is 6.56. The molecule has 0 aliphatic carbocycles. The number of nitriles is 1. The van der Waals surface area contributed by atoms with Gasteiger partial charge in [0.2, 0.25) is 5.91 Å². The monoisotopic (exact) mass is 802 g/mol. The first-order valence-corrected chi connectivity index (χ1v) is 20.7. The van der Waals surface area contributed by atoms with Crippen molar-refractivity contribution in [3.05, 3.63) is 87.9 Å². The molecule has 14 heteroatoms. The van der Waals surface area contributed by atoms with Crippen LogP contribution < -0.4 is 14.7 Å². The van der Waals surface area contributed by atoms with Crippen LogP contribution in [0.15, 0.2) is 60.7 Å². The van der Waals surface area contributed by atoms with E-state index in [2.05, 4.69) is 44.7 Å². The van der Waals surface area contributed by atoms with Crippen molar-refractivity contribution < 1.29 is 24.0 Å². The van der Waals surface area contributed by atoms with Gasteiger partial charge in [-0.2, -0.15) is 5.26 Å². The summed E-state index contributed by atoms with van der Waals surface area (Å²) >= 11 is 6.38. The number of hydrogen-bond donors (Lipinski definition) is 0. The molecule has 6 heterocycles. The van der Waals surface area contributed by atoms with Gasteiger partial charge >= 0.3 is 0 Å². The Morgan fingerprint density at radius 1 is 0.810 bits per heavy atom. The smallest absolute Gasteiger partial charge is 0.262 e. The van der Waals surface area contributed by atoms with Crippen LogP contribution in [0.3, 0.4) is 0 Å². The number of piperazine rings is 1. The zero-order valence-electron chi connectivity index (χ0n) is 32.9. The van der Waals surface area contributed by atoms with E-state index in [0.29, 0.717) is 46.9 Å². The highest BCUT2D eigenvalue weighted by Crippen LogP contribution is 2.46. The maximum Gasteiger partial charge on any atom is 0.262 e. The van der Waals surface area contributed by atoms with Gasteiger partial charge in [0, 0.05) is 107 Å². The van der Waals surface area contributed by atoms with Gasteiger partial charge in [-0.25, -0.2) is 0 Å². The quantitative estimate of drug-likeness (QED) is 0.329. The second-order valence-corrected chi connectivity index (χ2v) is 17.3. The molecule has 0 N–H and O–H groups in total. The van der Waals surface area contributed by atoms with Gasteiger partial charge in [-0.15, -0.1) is 0 Å². The molecule has 0 saturated carbocycles. The summed E-state index contributed by atoms with van der Waals surface area (Å²) in [6.45, 7) is 9.62. The molecular weight excluding hydrogens is 756 g/mol. The predicted octanol–water partition coefficient (Wildman–Crippen LogP) is 4.49. The number of likely N-dealkylation sites (tertiary alicyclic amines) is 1. The number of carbonyl (C=O) groups excluding carboxylic acids is 5. The average molecular weight is 803 g/mol. The molecule has 58 heavy (non-hydrogen) atoms. The summed E-state index contributed by atoms with van der Waals surface area (Å²) in [5, 5.41) is 9.79. The second-order valence-electron chi connectivity index (χ2n) is 16.9. The van der Waals surface area contributed by atoms with Crippen LogP contribution in [0.5, 0.6) is 0 Å². The van der Waals surface area contributed by atoms with Crippen LogP contribution >= 0.6 is 11.6 Å². The Bertz CT molecular complexity index is 2240. The maximum absolute atomic E-state index is 13.6. The van der Waals surface area contributed by atoms with Crippen molar-refractivity contribution in [2.75, 3.05) is 80.7 Å². The molecule has 13 nitrogen and oxygen atoms in total. The molecule has 0 radical (unpaired) electrons. The third-order valence-electron chi connectivity index (χ3n) is 13.7. The number of piperidine rings is 2. The van der Waals surface area contributed by atoms with Crippen molar-refractivity contribution in [3.63, 3.8) is 0 Å². The Labute approximate surface area is 343 Å². The van der Waals surface area contributed by atoms with Gasteiger partial charge in [-0.1, -0.05) is 11.6 Å². The van der Waals surface area contributed by atoms with Crippen molar-refractivity contribution in [1.82, 2.24) is 19.6 Å². The number of imide groups is 2. The van der Waals surface area contributed by atoms with Crippen LogP contribution in [-0.2, 0) is 9.59 Å². The highest BCUT2D eigenvalue weighted by atomic mass is 35.5. The topological polar surface area (TPSA) is 132 Å². The molecule has 2 atom stereocenters. The van der Waals surface area contributed by atoms with Crippen molar-refractivity contribution in [1.29, 1.82) is 5.26 Å². The van der Waals surface area contributed by atoms with E-state index in [9.17, 15) is 29.2 Å². The standard InChI is InChI=1S/C44H47ClN8O5/c1-28-23-44(27-52(28)33-8-5-30(24-46)37(45)22-33)13-15-48(16-14-44)31-6-3-29(4-7-31)40(55)50-19-17-49(18-20-50)34-25-51(26-34)32-9-10-35-36(21-32)42(57)53(41(35)56)38-11-12-39(54)47(2)43(38)58/h3-10,21-22,28,34,38H,11-20,23,25-27H2,1-2H3/t28-,38?/m0/s1. The van der Waals surface area contributed by atoms with E-state index in [0.717, 1.165) is 91.9 Å². The number of likely N-dealkylation sites (N-methyl/N-ethyl adjacent to an activating group) is 1. The normalized spacial score (nSPS) is 23.8. The zero-order chi connectivity index (χ0) is 40.5. The lowest BCUT2D eigenvalue weighted by molar-refractivity contribution is -0.149. The summed E-state index contributed by atoms with van der Waals surface area (Å²) < 4.78 is 0. The SMILES string of the molecule is C[C@H]1CC2(CCN(c3ccc(C(=O)N4CCN(C5CN(c6ccc7c(c6)C(=O)N(C6CCC(=O)N(C)C6=O)C7=O)C5)CC4)cc3)CC2)CN1c1ccc(C#N)c(Cl)c1. The molecule has 5 amide bonds. The number of hydrogen-bond acceptors (Lipinski definition) is 10. The molecule has 300 valence electrons. The third-order valence-corrected chi connectivity index (χ3v) is 14.0. The molecule has 0 aromatic heterocycles. The molecule has 9 rings (SSSR count). The fourth-order valence-electron chi connectivity index (χ4n) is 10.1. The van der Waals surface area contributed by atoms with E-state index in [4.69, 9.17) is 11.6 Å². The zero-order valence-corrected chi connectivity index (χ0v) is 33.7. The molecule has 6 aliphatic heterocycles. The van der Waals surface area contributed by atoms with Crippen LogP contribution in [0.4, 0.5) is 17.1 Å². The summed E-state index contributed by atoms with van der Waals surface area (Å²) in [5.41, 5.74) is 5.12. The molecule has 5 fully saturated rings. The fourth-order valence-corrected chi connectivity index (χ4v) is 10.3. The summed E-state index contributed by atoms with van der Waals surface area (Å²) in [6.07, 6.45) is 3.57. The number of carbonyl (C=O) groups is 5. The Hall–Kier alpha value is -5.45. The van der Waals surface area contributed by atoms with Crippen molar-refractivity contribution in [2.45, 2.75) is 57.2 Å². The van der Waals surface area contributed by atoms with Crippen molar-refractivity contribution in [2.24, 2.45) is 5.41 Å². The molecule has 1 spiro atoms. The summed E-state index contributed by atoms with van der Waals surface area (Å²) in [6, 6.07) is 21.0. The Balaban J connectivity index is 0.742. The number of amides is 5. The van der Waals surface area contributed by atoms with E-state index < -0.39 is 23.8 Å². The van der Waals surface area contributed by atoms with E-state index in [1.54, 1.807) is 12.1 Å². The number of halogens is 1. The lowest BCUT2D eigenvalue weighted by Gasteiger charge is -2.49. The second kappa shape index (κ2) is 14.7. The molecule has 6 aliphatic rings. The highest BCUT2D eigenvalue weighted by molar-refractivity contribution is 6.32. The van der Waals surface area contributed by atoms with E-state index in [1.165, 1.54) is 7.05 Å². The van der Waals surface area contributed by atoms with E-state index in [1.807, 2.05) is 41.3 Å². The van der Waals surface area contributed by atoms with E-state index >= 15 is 0 Å². The minimum Gasteiger partial charge on any atom is -0.371 e. The number of fused-ring (bicyclic) bond motifs is 1. The highest BCUT2D eigenvalue weighted by Gasteiger charge is 2.47. The first-order valence-electron chi connectivity index (χ1n) is 20.4. The van der Waals surface area contributed by atoms with Gasteiger partial charge in [-0.05, 0) is 98.7 Å². The van der Waals surface area contributed by atoms with E-state index in [-0.39, 0.29) is 35.6 Å². The van der Waals surface area contributed by atoms with Crippen LogP contribution in [0.2, 0.25) is 5.02 Å². The van der Waals surface area contributed by atoms with Crippen molar-refractivity contribution >= 4 is 58.2 Å². The minimum atomic E-state index is -0.969. The first-order chi connectivity index (χ1) is 27.9. The van der Waals surface area contributed by atoms with Crippen molar-refractivity contribution in [3.8, 4) is 6.07 Å². The molecule has 3 aromatic rings. The van der Waals surface area contributed by atoms with Crippen LogP contribution in [-0.4, -0.2) is 133 Å². The average Bonchev–Trinajstić information content (AvgIpc) is 3.67.